The summed E-state index contributed by atoms with van der Waals surface area (Å²) in [6, 6.07) is 0.122. The standard InChI is InChI=1S/C5H12F3NSi/c1-10(2,9)4-3-5(6,7)8/h3-4,9H2,1-2H3. The smallest absolute Gasteiger partial charge is 0.351 e. The van der Waals surface area contributed by atoms with E-state index in [-0.39, 0.29) is 6.04 Å². The van der Waals surface area contributed by atoms with Crippen molar-refractivity contribution in [3.8, 4) is 0 Å². The number of hydrogen-bond donors (Lipinski definition) is 1. The van der Waals surface area contributed by atoms with Gasteiger partial charge in [-0.2, -0.15) is 13.2 Å². The predicted molar refractivity (Wildman–Crippen MR) is 37.1 cm³/mol. The molecule has 0 spiro atoms. The lowest BCUT2D eigenvalue weighted by Crippen LogP contribution is -2.38. The number of rotatable bonds is 2. The van der Waals surface area contributed by atoms with Gasteiger partial charge in [0.25, 0.3) is 0 Å². The Balaban J connectivity index is 3.56. The van der Waals surface area contributed by atoms with E-state index in [2.05, 4.69) is 0 Å². The van der Waals surface area contributed by atoms with Gasteiger partial charge in [0.15, 0.2) is 0 Å². The summed E-state index contributed by atoms with van der Waals surface area (Å²) < 4.78 is 34.7. The molecule has 5 heteroatoms. The van der Waals surface area contributed by atoms with E-state index in [1.165, 1.54) is 0 Å². The van der Waals surface area contributed by atoms with Crippen LogP contribution in [-0.4, -0.2) is 14.4 Å². The fourth-order valence-electron chi connectivity index (χ4n) is 0.464. The van der Waals surface area contributed by atoms with Gasteiger partial charge in [0.1, 0.15) is 8.24 Å². The lowest BCUT2D eigenvalue weighted by Gasteiger charge is -2.15. The van der Waals surface area contributed by atoms with Gasteiger partial charge in [0, 0.05) is 6.42 Å². The Bertz CT molecular complexity index is 90.4. The highest BCUT2D eigenvalue weighted by Crippen LogP contribution is 2.23. The zero-order valence-corrected chi connectivity index (χ0v) is 7.13. The fraction of sp³-hybridized carbons (Fsp3) is 1.00. The normalized spacial score (nSPS) is 13.8. The predicted octanol–water partition coefficient (Wildman–Crippen LogP) is 2.10. The fourth-order valence-corrected chi connectivity index (χ4v) is 1.39. The van der Waals surface area contributed by atoms with Gasteiger partial charge in [-0.1, -0.05) is 13.1 Å². The zero-order chi connectivity index (χ0) is 8.41. The quantitative estimate of drug-likeness (QED) is 0.633. The molecule has 0 rings (SSSR count). The molecule has 0 aliphatic rings. The average Bonchev–Trinajstić information content (AvgIpc) is 1.57. The molecular formula is C5H12F3NSi. The maximum Gasteiger partial charge on any atom is 0.388 e. The minimum Gasteiger partial charge on any atom is -0.351 e. The van der Waals surface area contributed by atoms with Crippen LogP contribution >= 0.6 is 0 Å². The molecule has 0 radical (unpaired) electrons. The number of hydrogen-bond acceptors (Lipinski definition) is 1. The first kappa shape index (κ1) is 9.97. The van der Waals surface area contributed by atoms with Crippen LogP contribution in [0.15, 0.2) is 0 Å². The Kier molecular flexibility index (Phi) is 2.91. The van der Waals surface area contributed by atoms with Crippen molar-refractivity contribution in [2.24, 2.45) is 5.40 Å². The molecule has 1 nitrogen and oxygen atoms in total. The summed E-state index contributed by atoms with van der Waals surface area (Å²) in [4.78, 5) is 0. The second-order valence-electron chi connectivity index (χ2n) is 3.10. The second kappa shape index (κ2) is 2.92. The Morgan fingerprint density at radius 3 is 1.80 bits per heavy atom. The summed E-state index contributed by atoms with van der Waals surface area (Å²) in [5.74, 6) is 0. The summed E-state index contributed by atoms with van der Waals surface area (Å²) in [5.41, 5.74) is 0. The maximum absolute atomic E-state index is 11.6. The monoisotopic (exact) mass is 171 g/mol. The molecule has 0 aliphatic carbocycles. The first-order valence-corrected chi connectivity index (χ1v) is 6.35. The zero-order valence-electron chi connectivity index (χ0n) is 6.13. The Hall–Kier alpha value is -0.0331. The summed E-state index contributed by atoms with van der Waals surface area (Å²) in [6.07, 6.45) is -4.77. The van der Waals surface area contributed by atoms with E-state index in [9.17, 15) is 13.2 Å². The molecule has 0 aliphatic heterocycles. The van der Waals surface area contributed by atoms with Crippen molar-refractivity contribution < 1.29 is 13.2 Å². The highest BCUT2D eigenvalue weighted by molar-refractivity contribution is 6.74. The average molecular weight is 171 g/mol. The first-order chi connectivity index (χ1) is 4.21. The Labute approximate surface area is 59.5 Å². The van der Waals surface area contributed by atoms with Crippen molar-refractivity contribution in [2.45, 2.75) is 31.7 Å². The minimum atomic E-state index is -4.04. The van der Waals surface area contributed by atoms with Crippen LogP contribution in [0, 0.1) is 0 Å². The molecule has 0 amide bonds. The molecule has 2 N–H and O–H groups in total. The largest absolute Gasteiger partial charge is 0.388 e. The van der Waals surface area contributed by atoms with E-state index in [1.807, 2.05) is 0 Å². The summed E-state index contributed by atoms with van der Waals surface area (Å²) in [6.45, 7) is 3.44. The van der Waals surface area contributed by atoms with E-state index < -0.39 is 20.8 Å². The lowest BCUT2D eigenvalue weighted by molar-refractivity contribution is -0.130. The number of nitrogens with two attached hydrogens (primary N) is 1. The van der Waals surface area contributed by atoms with Crippen molar-refractivity contribution in [3.05, 3.63) is 0 Å². The van der Waals surface area contributed by atoms with Gasteiger partial charge in [-0.3, -0.25) is 0 Å². The van der Waals surface area contributed by atoms with Crippen LogP contribution in [0.2, 0.25) is 19.1 Å². The Morgan fingerprint density at radius 2 is 1.70 bits per heavy atom. The van der Waals surface area contributed by atoms with Gasteiger partial charge in [-0.25, -0.2) is 0 Å². The molecule has 0 aromatic rings. The van der Waals surface area contributed by atoms with Gasteiger partial charge in [0.05, 0.1) is 0 Å². The molecule has 0 saturated carbocycles. The highest BCUT2D eigenvalue weighted by Gasteiger charge is 2.30. The van der Waals surface area contributed by atoms with Crippen LogP contribution in [0.5, 0.6) is 0 Å². The van der Waals surface area contributed by atoms with Crippen molar-refractivity contribution in [1.29, 1.82) is 0 Å². The molecule has 0 heterocycles. The van der Waals surface area contributed by atoms with E-state index in [4.69, 9.17) is 5.40 Å². The topological polar surface area (TPSA) is 26.0 Å². The van der Waals surface area contributed by atoms with Crippen molar-refractivity contribution in [3.63, 3.8) is 0 Å². The third-order valence-electron chi connectivity index (χ3n) is 1.05. The van der Waals surface area contributed by atoms with Crippen molar-refractivity contribution >= 4 is 8.24 Å². The summed E-state index contributed by atoms with van der Waals surface area (Å²) in [5, 5.41) is 5.48. The minimum absolute atomic E-state index is 0.122. The number of halogens is 3. The molecule has 10 heavy (non-hydrogen) atoms. The molecule has 0 atom stereocenters. The van der Waals surface area contributed by atoms with Crippen LogP contribution < -0.4 is 5.40 Å². The van der Waals surface area contributed by atoms with Crippen LogP contribution in [0.1, 0.15) is 6.42 Å². The Morgan fingerprint density at radius 1 is 1.30 bits per heavy atom. The third kappa shape index (κ3) is 7.97. The SMILES string of the molecule is C[Si](C)(N)CCC(F)(F)F. The molecule has 0 aromatic heterocycles. The van der Waals surface area contributed by atoms with Crippen LogP contribution in [0.25, 0.3) is 0 Å². The van der Waals surface area contributed by atoms with E-state index in [0.29, 0.717) is 0 Å². The summed E-state index contributed by atoms with van der Waals surface area (Å²) in [7, 11) is -1.99. The van der Waals surface area contributed by atoms with Crippen LogP contribution in [-0.2, 0) is 0 Å². The van der Waals surface area contributed by atoms with E-state index >= 15 is 0 Å². The summed E-state index contributed by atoms with van der Waals surface area (Å²) >= 11 is 0. The molecule has 62 valence electrons. The van der Waals surface area contributed by atoms with Crippen molar-refractivity contribution in [1.82, 2.24) is 0 Å². The van der Waals surface area contributed by atoms with Gasteiger partial charge >= 0.3 is 6.18 Å². The first-order valence-electron chi connectivity index (χ1n) is 3.06. The van der Waals surface area contributed by atoms with Gasteiger partial charge < -0.3 is 5.40 Å². The van der Waals surface area contributed by atoms with E-state index in [1.54, 1.807) is 13.1 Å². The van der Waals surface area contributed by atoms with E-state index in [0.717, 1.165) is 0 Å². The second-order valence-corrected chi connectivity index (χ2v) is 7.58. The van der Waals surface area contributed by atoms with Crippen LogP contribution in [0.3, 0.4) is 0 Å². The molecule has 0 fully saturated rings. The van der Waals surface area contributed by atoms with Gasteiger partial charge in [0.2, 0.25) is 0 Å². The molecule has 0 saturated heterocycles. The molecular weight excluding hydrogens is 159 g/mol. The lowest BCUT2D eigenvalue weighted by atomic mass is 10.5. The molecule has 0 bridgehead atoms. The maximum atomic E-state index is 11.6. The molecule has 0 aromatic carbocycles. The number of alkyl halides is 3. The highest BCUT2D eigenvalue weighted by atomic mass is 28.3. The van der Waals surface area contributed by atoms with Gasteiger partial charge in [-0.05, 0) is 6.04 Å². The van der Waals surface area contributed by atoms with Crippen molar-refractivity contribution in [2.75, 3.05) is 0 Å². The molecule has 0 unspecified atom stereocenters. The van der Waals surface area contributed by atoms with Gasteiger partial charge in [-0.15, -0.1) is 0 Å². The third-order valence-corrected chi connectivity index (χ3v) is 2.59. The van der Waals surface area contributed by atoms with Crippen LogP contribution in [0.4, 0.5) is 13.2 Å².